The van der Waals surface area contributed by atoms with Crippen molar-refractivity contribution >= 4 is 27.5 Å². The van der Waals surface area contributed by atoms with Gasteiger partial charge >= 0.3 is 0 Å². The standard InChI is InChI=1S/C15H11BrN2O2/c1-9-2-3-10(8-17)6-13(9)18-15(20)11-4-5-12(16)14(19)7-11/h2-7,19H,1H3,(H,18,20). The number of aryl methyl sites for hydroxylation is 1. The monoisotopic (exact) mass is 330 g/mol. The number of halogens is 1. The first-order valence-electron chi connectivity index (χ1n) is 5.82. The highest BCUT2D eigenvalue weighted by Gasteiger charge is 2.10. The summed E-state index contributed by atoms with van der Waals surface area (Å²) >= 11 is 3.16. The van der Waals surface area contributed by atoms with Crippen molar-refractivity contribution in [2.75, 3.05) is 5.32 Å². The van der Waals surface area contributed by atoms with Gasteiger partial charge in [-0.05, 0) is 58.7 Å². The molecule has 0 aliphatic carbocycles. The fourth-order valence-corrected chi connectivity index (χ4v) is 1.92. The number of nitrogens with zero attached hydrogens (tertiary/aromatic N) is 1. The third-order valence-corrected chi connectivity index (χ3v) is 3.49. The molecular formula is C15H11BrN2O2. The molecule has 0 saturated carbocycles. The number of hydrogen-bond acceptors (Lipinski definition) is 3. The minimum absolute atomic E-state index is 0.000137. The molecule has 0 saturated heterocycles. The Hall–Kier alpha value is -2.32. The molecule has 0 atom stereocenters. The number of rotatable bonds is 2. The van der Waals surface area contributed by atoms with Crippen LogP contribution in [0.3, 0.4) is 0 Å². The lowest BCUT2D eigenvalue weighted by Crippen LogP contribution is -2.12. The molecule has 0 aromatic heterocycles. The molecule has 0 unspecified atom stereocenters. The molecule has 1 amide bonds. The highest BCUT2D eigenvalue weighted by molar-refractivity contribution is 9.10. The Kier molecular flexibility index (Phi) is 4.06. The summed E-state index contributed by atoms with van der Waals surface area (Å²) in [6.45, 7) is 1.84. The zero-order chi connectivity index (χ0) is 14.7. The number of hydrogen-bond donors (Lipinski definition) is 2. The number of aromatic hydroxyl groups is 1. The zero-order valence-corrected chi connectivity index (χ0v) is 12.2. The molecule has 2 aromatic carbocycles. The molecule has 0 aliphatic rings. The van der Waals surface area contributed by atoms with Gasteiger partial charge in [-0.2, -0.15) is 5.26 Å². The summed E-state index contributed by atoms with van der Waals surface area (Å²) in [5.41, 5.74) is 2.26. The van der Waals surface area contributed by atoms with Crippen LogP contribution in [0.4, 0.5) is 5.69 Å². The van der Waals surface area contributed by atoms with Gasteiger partial charge in [0.15, 0.2) is 0 Å². The number of nitrogens with one attached hydrogen (secondary N) is 1. The van der Waals surface area contributed by atoms with Crippen LogP contribution < -0.4 is 5.32 Å². The minimum Gasteiger partial charge on any atom is -0.507 e. The van der Waals surface area contributed by atoms with Crippen molar-refractivity contribution in [3.05, 3.63) is 57.6 Å². The number of anilines is 1. The van der Waals surface area contributed by atoms with Crippen LogP contribution in [0, 0.1) is 18.3 Å². The van der Waals surface area contributed by atoms with Crippen molar-refractivity contribution < 1.29 is 9.90 Å². The number of benzene rings is 2. The summed E-state index contributed by atoms with van der Waals surface area (Å²) < 4.78 is 0.525. The van der Waals surface area contributed by atoms with Crippen LogP contribution in [0.25, 0.3) is 0 Å². The average molecular weight is 331 g/mol. The van der Waals surface area contributed by atoms with E-state index in [2.05, 4.69) is 21.2 Å². The van der Waals surface area contributed by atoms with Gasteiger partial charge in [0.25, 0.3) is 5.91 Å². The summed E-state index contributed by atoms with van der Waals surface area (Å²) in [7, 11) is 0. The van der Waals surface area contributed by atoms with E-state index in [1.165, 1.54) is 6.07 Å². The van der Waals surface area contributed by atoms with Crippen molar-refractivity contribution in [3.63, 3.8) is 0 Å². The maximum atomic E-state index is 12.1. The van der Waals surface area contributed by atoms with E-state index in [9.17, 15) is 9.90 Å². The SMILES string of the molecule is Cc1ccc(C#N)cc1NC(=O)c1ccc(Br)c(O)c1. The van der Waals surface area contributed by atoms with Crippen LogP contribution in [-0.2, 0) is 0 Å². The smallest absolute Gasteiger partial charge is 0.255 e. The number of carbonyl (C=O) groups excluding carboxylic acids is 1. The van der Waals surface area contributed by atoms with E-state index < -0.39 is 0 Å². The van der Waals surface area contributed by atoms with Crippen LogP contribution in [0.15, 0.2) is 40.9 Å². The first-order valence-corrected chi connectivity index (χ1v) is 6.61. The van der Waals surface area contributed by atoms with Crippen molar-refractivity contribution in [2.24, 2.45) is 0 Å². The Morgan fingerprint density at radius 2 is 2.05 bits per heavy atom. The van der Waals surface area contributed by atoms with E-state index >= 15 is 0 Å². The third-order valence-electron chi connectivity index (χ3n) is 2.82. The molecule has 100 valence electrons. The highest BCUT2D eigenvalue weighted by atomic mass is 79.9. The van der Waals surface area contributed by atoms with Gasteiger partial charge in [0.05, 0.1) is 16.1 Å². The number of phenolic OH excluding ortho intramolecular Hbond substituents is 1. The lowest BCUT2D eigenvalue weighted by atomic mass is 10.1. The average Bonchev–Trinajstić information content (AvgIpc) is 2.44. The molecule has 5 heteroatoms. The van der Waals surface area contributed by atoms with Crippen LogP contribution in [0.1, 0.15) is 21.5 Å². The maximum absolute atomic E-state index is 12.1. The van der Waals surface area contributed by atoms with Gasteiger partial charge in [0, 0.05) is 11.3 Å². The molecule has 0 spiro atoms. The van der Waals surface area contributed by atoms with E-state index in [1.807, 2.05) is 13.0 Å². The van der Waals surface area contributed by atoms with E-state index in [0.717, 1.165) is 5.56 Å². The van der Waals surface area contributed by atoms with Crippen molar-refractivity contribution in [1.29, 1.82) is 5.26 Å². The lowest BCUT2D eigenvalue weighted by molar-refractivity contribution is 0.102. The van der Waals surface area contributed by atoms with Crippen LogP contribution >= 0.6 is 15.9 Å². The fraction of sp³-hybridized carbons (Fsp3) is 0.0667. The molecule has 20 heavy (non-hydrogen) atoms. The normalized spacial score (nSPS) is 9.85. The number of amides is 1. The first-order chi connectivity index (χ1) is 9.51. The summed E-state index contributed by atoms with van der Waals surface area (Å²) in [6.07, 6.45) is 0. The predicted molar refractivity (Wildman–Crippen MR) is 79.7 cm³/mol. The second-order valence-corrected chi connectivity index (χ2v) is 5.12. The zero-order valence-electron chi connectivity index (χ0n) is 10.6. The van der Waals surface area contributed by atoms with Crippen molar-refractivity contribution in [2.45, 2.75) is 6.92 Å². The van der Waals surface area contributed by atoms with E-state index in [-0.39, 0.29) is 11.7 Å². The molecule has 0 aliphatic heterocycles. The molecule has 2 rings (SSSR count). The van der Waals surface area contributed by atoms with E-state index in [0.29, 0.717) is 21.3 Å². The van der Waals surface area contributed by atoms with Gasteiger partial charge in [-0.3, -0.25) is 4.79 Å². The third kappa shape index (κ3) is 2.98. The van der Waals surface area contributed by atoms with Crippen LogP contribution in [0.2, 0.25) is 0 Å². The molecule has 2 aromatic rings. The molecule has 0 fully saturated rings. The fourth-order valence-electron chi connectivity index (χ4n) is 1.67. The quantitative estimate of drug-likeness (QED) is 0.883. The van der Waals surface area contributed by atoms with Crippen LogP contribution in [0.5, 0.6) is 5.75 Å². The second-order valence-electron chi connectivity index (χ2n) is 4.26. The predicted octanol–water partition coefficient (Wildman–Crippen LogP) is 3.59. The Bertz CT molecular complexity index is 720. The summed E-state index contributed by atoms with van der Waals surface area (Å²) in [5.74, 6) is -0.342. The second kappa shape index (κ2) is 5.76. The lowest BCUT2D eigenvalue weighted by Gasteiger charge is -2.09. The van der Waals surface area contributed by atoms with Gasteiger partial charge in [0.1, 0.15) is 5.75 Å². The Morgan fingerprint density at radius 3 is 2.70 bits per heavy atom. The van der Waals surface area contributed by atoms with Gasteiger partial charge in [-0.15, -0.1) is 0 Å². The first kappa shape index (κ1) is 14.1. The topological polar surface area (TPSA) is 73.1 Å². The number of nitriles is 1. The number of carbonyl (C=O) groups is 1. The summed E-state index contributed by atoms with van der Waals surface area (Å²) in [4.78, 5) is 12.1. The number of phenols is 1. The Labute approximate surface area is 124 Å². The largest absolute Gasteiger partial charge is 0.507 e. The van der Waals surface area contributed by atoms with Gasteiger partial charge in [-0.25, -0.2) is 0 Å². The molecular weight excluding hydrogens is 320 g/mol. The molecule has 4 nitrogen and oxygen atoms in total. The van der Waals surface area contributed by atoms with Gasteiger partial charge in [0.2, 0.25) is 0 Å². The Balaban J connectivity index is 2.28. The van der Waals surface area contributed by atoms with Gasteiger partial charge in [-0.1, -0.05) is 6.07 Å². The van der Waals surface area contributed by atoms with Crippen LogP contribution in [-0.4, -0.2) is 11.0 Å². The molecule has 0 bridgehead atoms. The molecule has 0 radical (unpaired) electrons. The molecule has 2 N–H and O–H groups in total. The van der Waals surface area contributed by atoms with E-state index in [4.69, 9.17) is 5.26 Å². The highest BCUT2D eigenvalue weighted by Crippen LogP contribution is 2.25. The summed E-state index contributed by atoms with van der Waals surface area (Å²) in [5, 5.41) is 21.2. The minimum atomic E-state index is -0.342. The maximum Gasteiger partial charge on any atom is 0.255 e. The van der Waals surface area contributed by atoms with Crippen molar-refractivity contribution in [1.82, 2.24) is 0 Å². The van der Waals surface area contributed by atoms with E-state index in [1.54, 1.807) is 30.3 Å². The van der Waals surface area contributed by atoms with Gasteiger partial charge < -0.3 is 10.4 Å². The van der Waals surface area contributed by atoms with Crippen molar-refractivity contribution in [3.8, 4) is 11.8 Å². The summed E-state index contributed by atoms with van der Waals surface area (Å²) in [6, 6.07) is 11.7. The Morgan fingerprint density at radius 1 is 1.30 bits per heavy atom. The molecule has 0 heterocycles.